The van der Waals surface area contributed by atoms with Gasteiger partial charge in [-0.15, -0.1) is 11.8 Å². The quantitative estimate of drug-likeness (QED) is 0.744. The third-order valence-corrected chi connectivity index (χ3v) is 7.07. The van der Waals surface area contributed by atoms with Gasteiger partial charge < -0.3 is 10.1 Å². The Balaban J connectivity index is 2.22. The second-order valence-corrected chi connectivity index (χ2v) is 8.63. The molecule has 25 heavy (non-hydrogen) atoms. The number of amides is 1. The van der Waals surface area contributed by atoms with E-state index in [2.05, 4.69) is 10.1 Å². The van der Waals surface area contributed by atoms with E-state index in [0.717, 1.165) is 6.42 Å². The molecule has 1 heterocycles. The zero-order chi connectivity index (χ0) is 18.6. The molecule has 0 aliphatic carbocycles. The van der Waals surface area contributed by atoms with E-state index in [1.807, 2.05) is 13.8 Å². The van der Waals surface area contributed by atoms with Crippen LogP contribution in [-0.2, 0) is 19.6 Å². The van der Waals surface area contributed by atoms with E-state index in [4.69, 9.17) is 0 Å². The Bertz CT molecular complexity index is 733. The normalized spacial score (nSPS) is 19.4. The van der Waals surface area contributed by atoms with E-state index in [1.54, 1.807) is 0 Å². The van der Waals surface area contributed by atoms with Gasteiger partial charge in [-0.25, -0.2) is 13.2 Å². The number of nitrogens with zero attached hydrogens (tertiary/aromatic N) is 1. The Morgan fingerprint density at radius 1 is 1.36 bits per heavy atom. The van der Waals surface area contributed by atoms with Crippen molar-refractivity contribution in [3.63, 3.8) is 0 Å². The minimum Gasteiger partial charge on any atom is -0.465 e. The topological polar surface area (TPSA) is 92.8 Å². The molecule has 2 atom stereocenters. The van der Waals surface area contributed by atoms with Crippen molar-refractivity contribution in [3.05, 3.63) is 29.8 Å². The molecule has 0 spiro atoms. The molecule has 1 aliphatic rings. The summed E-state index contributed by atoms with van der Waals surface area (Å²) >= 11 is 1.40. The van der Waals surface area contributed by atoms with Crippen LogP contribution in [0.1, 0.15) is 30.6 Å². The molecule has 7 nitrogen and oxygen atoms in total. The summed E-state index contributed by atoms with van der Waals surface area (Å²) in [5.41, 5.74) is 0.267. The van der Waals surface area contributed by atoms with Crippen LogP contribution >= 0.6 is 11.8 Å². The molecule has 9 heteroatoms. The molecule has 1 fully saturated rings. The van der Waals surface area contributed by atoms with Crippen LogP contribution in [0, 0.1) is 0 Å². The lowest BCUT2D eigenvalue weighted by Gasteiger charge is -2.24. The summed E-state index contributed by atoms with van der Waals surface area (Å²) in [7, 11) is -2.57. The van der Waals surface area contributed by atoms with Crippen LogP contribution in [0.5, 0.6) is 0 Å². The smallest absolute Gasteiger partial charge is 0.337 e. The summed E-state index contributed by atoms with van der Waals surface area (Å²) in [5, 5.41) is 2.84. The lowest BCUT2D eigenvalue weighted by molar-refractivity contribution is -0.124. The van der Waals surface area contributed by atoms with Gasteiger partial charge in [0.25, 0.3) is 0 Å². The van der Waals surface area contributed by atoms with E-state index in [-0.39, 0.29) is 28.3 Å². The number of esters is 1. The van der Waals surface area contributed by atoms with Crippen LogP contribution in [0.3, 0.4) is 0 Å². The molecule has 0 saturated carbocycles. The summed E-state index contributed by atoms with van der Waals surface area (Å²) in [6, 6.07) is 4.76. The molecule has 0 aromatic heterocycles. The van der Waals surface area contributed by atoms with Crippen LogP contribution in [0.4, 0.5) is 0 Å². The zero-order valence-corrected chi connectivity index (χ0v) is 16.0. The van der Waals surface area contributed by atoms with Gasteiger partial charge in [0.15, 0.2) is 0 Å². The van der Waals surface area contributed by atoms with E-state index in [0.29, 0.717) is 5.75 Å². The number of thioether (sulfide) groups is 1. The van der Waals surface area contributed by atoms with Gasteiger partial charge in [-0.2, -0.15) is 4.31 Å². The van der Waals surface area contributed by atoms with Crippen molar-refractivity contribution < 1.29 is 22.7 Å². The fourth-order valence-electron chi connectivity index (χ4n) is 2.33. The Morgan fingerprint density at radius 3 is 2.56 bits per heavy atom. The molecule has 0 unspecified atom stereocenters. The molecule has 1 aromatic carbocycles. The number of hydrogen-bond acceptors (Lipinski definition) is 6. The fourth-order valence-corrected chi connectivity index (χ4v) is 5.48. The predicted octanol–water partition coefficient (Wildman–Crippen LogP) is 1.45. The summed E-state index contributed by atoms with van der Waals surface area (Å²) in [4.78, 5) is 23.9. The van der Waals surface area contributed by atoms with Crippen molar-refractivity contribution in [1.82, 2.24) is 9.62 Å². The monoisotopic (exact) mass is 386 g/mol. The van der Waals surface area contributed by atoms with Gasteiger partial charge in [-0.05, 0) is 37.6 Å². The Kier molecular flexibility index (Phi) is 6.47. The average Bonchev–Trinajstić information content (AvgIpc) is 3.11. The molecular weight excluding hydrogens is 364 g/mol. The van der Waals surface area contributed by atoms with Crippen molar-refractivity contribution in [3.8, 4) is 0 Å². The van der Waals surface area contributed by atoms with Crippen molar-refractivity contribution in [2.45, 2.75) is 37.2 Å². The van der Waals surface area contributed by atoms with Crippen LogP contribution in [0.25, 0.3) is 0 Å². The van der Waals surface area contributed by atoms with Crippen molar-refractivity contribution in [2.24, 2.45) is 0 Å². The van der Waals surface area contributed by atoms with Gasteiger partial charge >= 0.3 is 5.97 Å². The maximum Gasteiger partial charge on any atom is 0.337 e. The van der Waals surface area contributed by atoms with Crippen LogP contribution in [-0.4, -0.2) is 55.4 Å². The number of nitrogens with one attached hydrogen (secondary N) is 1. The number of carbonyl (C=O) groups is 2. The van der Waals surface area contributed by atoms with Crippen LogP contribution < -0.4 is 5.32 Å². The van der Waals surface area contributed by atoms with Gasteiger partial charge in [0.2, 0.25) is 15.9 Å². The SMILES string of the molecule is CC[C@H](C)NC(=O)[C@H]1CSCN1S(=O)(=O)c1ccc(C(=O)OC)cc1. The van der Waals surface area contributed by atoms with E-state index in [1.165, 1.54) is 47.4 Å². The fraction of sp³-hybridized carbons (Fsp3) is 0.500. The standard InChI is InChI=1S/C16H22N2O5S2/c1-4-11(2)17-15(19)14-9-24-10-18(14)25(21,22)13-7-5-12(6-8-13)16(20)23-3/h5-8,11,14H,4,9-10H2,1-3H3,(H,17,19)/t11-,14+/m0/s1. The second kappa shape index (κ2) is 8.20. The van der Waals surface area contributed by atoms with Gasteiger partial charge in [-0.3, -0.25) is 4.79 Å². The third kappa shape index (κ3) is 4.34. The largest absolute Gasteiger partial charge is 0.465 e. The summed E-state index contributed by atoms with van der Waals surface area (Å²) in [6.45, 7) is 3.83. The Labute approximate surface area is 152 Å². The summed E-state index contributed by atoms with van der Waals surface area (Å²) in [6.07, 6.45) is 0.771. The van der Waals surface area contributed by atoms with Crippen molar-refractivity contribution in [2.75, 3.05) is 18.7 Å². The van der Waals surface area contributed by atoms with E-state index >= 15 is 0 Å². The van der Waals surface area contributed by atoms with Gasteiger partial charge in [0, 0.05) is 11.8 Å². The van der Waals surface area contributed by atoms with Crippen LogP contribution in [0.15, 0.2) is 29.2 Å². The van der Waals surface area contributed by atoms with Crippen LogP contribution in [0.2, 0.25) is 0 Å². The first-order valence-corrected chi connectivity index (χ1v) is 10.5. The number of rotatable bonds is 6. The molecule has 1 amide bonds. The molecule has 138 valence electrons. The number of methoxy groups -OCH3 is 1. The lowest BCUT2D eigenvalue weighted by atomic mass is 10.2. The number of ether oxygens (including phenoxy) is 1. The summed E-state index contributed by atoms with van der Waals surface area (Å²) < 4.78 is 31.6. The maximum absolute atomic E-state index is 12.9. The second-order valence-electron chi connectivity index (χ2n) is 5.74. The first kappa shape index (κ1) is 19.7. The highest BCUT2D eigenvalue weighted by atomic mass is 32.2. The predicted molar refractivity (Wildman–Crippen MR) is 95.8 cm³/mol. The lowest BCUT2D eigenvalue weighted by Crippen LogP contribution is -2.49. The highest BCUT2D eigenvalue weighted by molar-refractivity contribution is 8.00. The van der Waals surface area contributed by atoms with E-state index in [9.17, 15) is 18.0 Å². The van der Waals surface area contributed by atoms with Gasteiger partial charge in [0.05, 0.1) is 23.4 Å². The minimum absolute atomic E-state index is 0.0120. The first-order chi connectivity index (χ1) is 11.8. The Hall–Kier alpha value is -1.58. The molecule has 1 aliphatic heterocycles. The van der Waals surface area contributed by atoms with Gasteiger partial charge in [0.1, 0.15) is 6.04 Å². The first-order valence-electron chi connectivity index (χ1n) is 7.89. The number of carbonyl (C=O) groups excluding carboxylic acids is 2. The molecule has 0 bridgehead atoms. The third-order valence-electron chi connectivity index (χ3n) is 4.03. The van der Waals surface area contributed by atoms with Crippen molar-refractivity contribution in [1.29, 1.82) is 0 Å². The van der Waals surface area contributed by atoms with Gasteiger partial charge in [-0.1, -0.05) is 6.92 Å². The molecule has 1 saturated heterocycles. The highest BCUT2D eigenvalue weighted by Crippen LogP contribution is 2.28. The minimum atomic E-state index is -3.83. The molecule has 2 rings (SSSR count). The number of benzene rings is 1. The van der Waals surface area contributed by atoms with E-state index < -0.39 is 22.0 Å². The number of sulfonamides is 1. The number of hydrogen-bond donors (Lipinski definition) is 1. The maximum atomic E-state index is 12.9. The molecule has 1 N–H and O–H groups in total. The molecule has 0 radical (unpaired) electrons. The zero-order valence-electron chi connectivity index (χ0n) is 14.4. The molecule has 1 aromatic rings. The Morgan fingerprint density at radius 2 is 2.00 bits per heavy atom. The highest BCUT2D eigenvalue weighted by Gasteiger charge is 2.40. The van der Waals surface area contributed by atoms with Crippen molar-refractivity contribution >= 4 is 33.7 Å². The average molecular weight is 386 g/mol. The molecular formula is C16H22N2O5S2. The summed E-state index contributed by atoms with van der Waals surface area (Å²) in [5.74, 6) is -0.179.